The maximum Gasteiger partial charge on any atom is 0.269 e. The minimum absolute atomic E-state index is 0.0242. The highest BCUT2D eigenvalue weighted by Crippen LogP contribution is 2.20. The van der Waals surface area contributed by atoms with Gasteiger partial charge in [-0.1, -0.05) is 0 Å². The highest BCUT2D eigenvalue weighted by molar-refractivity contribution is 7.90. The Kier molecular flexibility index (Phi) is 4.06. The van der Waals surface area contributed by atoms with Crippen molar-refractivity contribution in [2.75, 3.05) is 23.9 Å². The molecule has 1 N–H and O–H groups in total. The zero-order valence-corrected chi connectivity index (χ0v) is 10.5. The lowest BCUT2D eigenvalue weighted by Gasteiger charge is -2.08. The van der Waals surface area contributed by atoms with Crippen molar-refractivity contribution >= 4 is 21.2 Å². The minimum Gasteiger partial charge on any atom is -0.384 e. The van der Waals surface area contributed by atoms with Gasteiger partial charge in [0.25, 0.3) is 5.69 Å². The molecule has 0 fully saturated rings. The summed E-state index contributed by atoms with van der Waals surface area (Å²) < 4.78 is 21.8. The van der Waals surface area contributed by atoms with Gasteiger partial charge in [-0.3, -0.25) is 10.1 Å². The normalized spacial score (nSPS) is 11.2. The van der Waals surface area contributed by atoms with Gasteiger partial charge in [0.05, 0.1) is 10.7 Å². The number of benzene rings is 1. The summed E-state index contributed by atoms with van der Waals surface area (Å²) in [5.74, 6) is 0.0312. The molecule has 17 heavy (non-hydrogen) atoms. The van der Waals surface area contributed by atoms with E-state index in [9.17, 15) is 18.5 Å². The average molecular weight is 258 g/mol. The Morgan fingerprint density at radius 3 is 2.53 bits per heavy atom. The van der Waals surface area contributed by atoms with Crippen molar-refractivity contribution in [3.63, 3.8) is 0 Å². The molecule has 0 unspecified atom stereocenters. The molecule has 0 saturated heterocycles. The largest absolute Gasteiger partial charge is 0.384 e. The fraction of sp³-hybridized carbons (Fsp3) is 0.400. The number of hydrogen-bond donors (Lipinski definition) is 1. The van der Waals surface area contributed by atoms with E-state index in [0.29, 0.717) is 11.3 Å². The molecule has 0 radical (unpaired) electrons. The zero-order chi connectivity index (χ0) is 13.1. The Hall–Kier alpha value is -1.63. The number of hydrogen-bond acceptors (Lipinski definition) is 5. The number of anilines is 1. The number of nitro benzene ring substituents is 1. The second-order valence-electron chi connectivity index (χ2n) is 3.81. The summed E-state index contributed by atoms with van der Waals surface area (Å²) >= 11 is 0. The molecule has 0 aromatic heterocycles. The summed E-state index contributed by atoms with van der Waals surface area (Å²) in [5, 5.41) is 13.4. The minimum atomic E-state index is -3.00. The van der Waals surface area contributed by atoms with E-state index in [1.54, 1.807) is 13.0 Å². The third-order valence-corrected chi connectivity index (χ3v) is 3.15. The number of nitro groups is 1. The topological polar surface area (TPSA) is 89.3 Å². The number of aryl methyl sites for hydroxylation is 1. The molecule has 1 aromatic carbocycles. The number of non-ortho nitro benzene ring substituents is 1. The van der Waals surface area contributed by atoms with Gasteiger partial charge in [0.15, 0.2) is 0 Å². The molecule has 0 aliphatic rings. The summed E-state index contributed by atoms with van der Waals surface area (Å²) in [6.07, 6.45) is 1.16. The smallest absolute Gasteiger partial charge is 0.269 e. The van der Waals surface area contributed by atoms with Crippen LogP contribution >= 0.6 is 0 Å². The highest BCUT2D eigenvalue weighted by Gasteiger charge is 2.08. The Morgan fingerprint density at radius 2 is 2.06 bits per heavy atom. The van der Waals surface area contributed by atoms with E-state index in [0.717, 1.165) is 6.26 Å². The van der Waals surface area contributed by atoms with E-state index >= 15 is 0 Å². The van der Waals surface area contributed by atoms with Crippen LogP contribution in [0.3, 0.4) is 0 Å². The molecule has 0 spiro atoms. The molecule has 0 atom stereocenters. The second kappa shape index (κ2) is 5.13. The van der Waals surface area contributed by atoms with Crippen LogP contribution in [0.1, 0.15) is 5.56 Å². The van der Waals surface area contributed by atoms with E-state index in [4.69, 9.17) is 0 Å². The fourth-order valence-corrected chi connectivity index (χ4v) is 1.80. The molecule has 94 valence electrons. The van der Waals surface area contributed by atoms with Gasteiger partial charge in [-0.05, 0) is 18.6 Å². The molecule has 7 heteroatoms. The highest BCUT2D eigenvalue weighted by atomic mass is 32.2. The standard InChI is InChI=1S/C10H14N2O4S/c1-8-7-9(12(13)14)3-4-10(8)11-5-6-17(2,15)16/h3-4,7,11H,5-6H2,1-2H3. The van der Waals surface area contributed by atoms with E-state index in [-0.39, 0.29) is 18.0 Å². The van der Waals surface area contributed by atoms with Gasteiger partial charge in [-0.25, -0.2) is 8.42 Å². The fourth-order valence-electron chi connectivity index (χ4n) is 1.33. The first kappa shape index (κ1) is 13.4. The third kappa shape index (κ3) is 4.39. The van der Waals surface area contributed by atoms with Gasteiger partial charge >= 0.3 is 0 Å². The van der Waals surface area contributed by atoms with Crippen LogP contribution in [-0.4, -0.2) is 31.9 Å². The van der Waals surface area contributed by atoms with Crippen LogP contribution in [0, 0.1) is 17.0 Å². The van der Waals surface area contributed by atoms with Gasteiger partial charge in [0.1, 0.15) is 9.84 Å². The number of sulfone groups is 1. The molecule has 0 bridgehead atoms. The third-order valence-electron chi connectivity index (χ3n) is 2.21. The molecular formula is C10H14N2O4S. The summed E-state index contributed by atoms with van der Waals surface area (Å²) in [4.78, 5) is 10.1. The van der Waals surface area contributed by atoms with Crippen molar-refractivity contribution in [2.24, 2.45) is 0 Å². The molecule has 0 aliphatic carbocycles. The van der Waals surface area contributed by atoms with Crippen molar-refractivity contribution in [1.29, 1.82) is 0 Å². The first-order chi connectivity index (χ1) is 7.79. The molecular weight excluding hydrogens is 244 g/mol. The lowest BCUT2D eigenvalue weighted by atomic mass is 10.2. The lowest BCUT2D eigenvalue weighted by molar-refractivity contribution is -0.384. The van der Waals surface area contributed by atoms with E-state index in [1.165, 1.54) is 12.1 Å². The monoisotopic (exact) mass is 258 g/mol. The SMILES string of the molecule is Cc1cc([N+](=O)[O-])ccc1NCCS(C)(=O)=O. The molecule has 1 aromatic rings. The van der Waals surface area contributed by atoms with Gasteiger partial charge in [0, 0.05) is 30.6 Å². The van der Waals surface area contributed by atoms with E-state index < -0.39 is 14.8 Å². The molecule has 0 saturated carbocycles. The van der Waals surface area contributed by atoms with Crippen LogP contribution in [0.25, 0.3) is 0 Å². The lowest BCUT2D eigenvalue weighted by Crippen LogP contribution is -2.14. The maximum atomic E-state index is 10.9. The Labute approximate surface area is 99.7 Å². The van der Waals surface area contributed by atoms with E-state index in [2.05, 4.69) is 5.32 Å². The van der Waals surface area contributed by atoms with Crippen LogP contribution in [0.4, 0.5) is 11.4 Å². The van der Waals surface area contributed by atoms with Crippen molar-refractivity contribution in [3.8, 4) is 0 Å². The van der Waals surface area contributed by atoms with Crippen molar-refractivity contribution in [3.05, 3.63) is 33.9 Å². The Balaban J connectivity index is 2.70. The average Bonchev–Trinajstić information content (AvgIpc) is 2.18. The quantitative estimate of drug-likeness (QED) is 0.636. The summed E-state index contributed by atoms with van der Waals surface area (Å²) in [5.41, 5.74) is 1.45. The first-order valence-electron chi connectivity index (χ1n) is 4.96. The van der Waals surface area contributed by atoms with Crippen LogP contribution in [0.15, 0.2) is 18.2 Å². The summed E-state index contributed by atoms with van der Waals surface area (Å²) in [6.45, 7) is 2.02. The van der Waals surface area contributed by atoms with Gasteiger partial charge in [-0.2, -0.15) is 0 Å². The van der Waals surface area contributed by atoms with Crippen molar-refractivity contribution < 1.29 is 13.3 Å². The van der Waals surface area contributed by atoms with Gasteiger partial charge in [-0.15, -0.1) is 0 Å². The van der Waals surface area contributed by atoms with Crippen LogP contribution in [-0.2, 0) is 9.84 Å². The zero-order valence-electron chi connectivity index (χ0n) is 9.63. The van der Waals surface area contributed by atoms with Gasteiger partial charge in [0.2, 0.25) is 0 Å². The Bertz CT molecular complexity index is 525. The second-order valence-corrected chi connectivity index (χ2v) is 6.07. The van der Waals surface area contributed by atoms with Crippen molar-refractivity contribution in [2.45, 2.75) is 6.92 Å². The van der Waals surface area contributed by atoms with Crippen LogP contribution in [0.5, 0.6) is 0 Å². The van der Waals surface area contributed by atoms with Crippen molar-refractivity contribution in [1.82, 2.24) is 0 Å². The van der Waals surface area contributed by atoms with Gasteiger partial charge < -0.3 is 5.32 Å². The number of nitrogens with one attached hydrogen (secondary N) is 1. The summed E-state index contributed by atoms with van der Waals surface area (Å²) in [6, 6.07) is 4.41. The predicted molar refractivity (Wildman–Crippen MR) is 66.0 cm³/mol. The molecule has 0 heterocycles. The first-order valence-corrected chi connectivity index (χ1v) is 7.02. The number of rotatable bonds is 5. The van der Waals surface area contributed by atoms with E-state index in [1.807, 2.05) is 0 Å². The Morgan fingerprint density at radius 1 is 1.41 bits per heavy atom. The number of nitrogens with zero attached hydrogens (tertiary/aromatic N) is 1. The maximum absolute atomic E-state index is 10.9. The molecule has 0 aliphatic heterocycles. The summed E-state index contributed by atoms with van der Waals surface area (Å²) in [7, 11) is -3.00. The van der Waals surface area contributed by atoms with Crippen LogP contribution < -0.4 is 5.32 Å². The van der Waals surface area contributed by atoms with Crippen LogP contribution in [0.2, 0.25) is 0 Å². The molecule has 6 nitrogen and oxygen atoms in total. The molecule has 0 amide bonds. The molecule has 1 rings (SSSR count). The predicted octanol–water partition coefficient (Wildman–Crippen LogP) is 1.36.